The number of ether oxygens (including phenoxy) is 1. The van der Waals surface area contributed by atoms with E-state index in [1.54, 1.807) is 12.1 Å². The van der Waals surface area contributed by atoms with E-state index in [0.29, 0.717) is 12.2 Å². The Morgan fingerprint density at radius 2 is 1.85 bits per heavy atom. The number of alkyl halides is 1. The van der Waals surface area contributed by atoms with Crippen LogP contribution in [0.5, 0.6) is 5.75 Å². The summed E-state index contributed by atoms with van der Waals surface area (Å²) in [6.07, 6.45) is 0.854. The fourth-order valence-electron chi connectivity index (χ4n) is 2.36. The summed E-state index contributed by atoms with van der Waals surface area (Å²) in [5.41, 5.74) is 2.35. The zero-order chi connectivity index (χ0) is 14.3. The smallest absolute Gasteiger partial charge is 0.128 e. The van der Waals surface area contributed by atoms with Gasteiger partial charge in [0, 0.05) is 26.5 Å². The quantitative estimate of drug-likeness (QED) is 0.574. The first-order chi connectivity index (χ1) is 9.56. The molecule has 2 aromatic rings. The molecule has 0 radical (unpaired) electrons. The van der Waals surface area contributed by atoms with Gasteiger partial charge in [-0.1, -0.05) is 31.9 Å². The number of hydrogen-bond acceptors (Lipinski definition) is 1. The van der Waals surface area contributed by atoms with Crippen molar-refractivity contribution in [2.24, 2.45) is 0 Å². The van der Waals surface area contributed by atoms with Gasteiger partial charge >= 0.3 is 0 Å². The summed E-state index contributed by atoms with van der Waals surface area (Å²) in [6, 6.07) is 8.68. The highest BCUT2D eigenvalue weighted by atomic mass is 79.9. The molecule has 3 rings (SSSR count). The molecule has 1 heterocycles. The Morgan fingerprint density at radius 3 is 2.65 bits per heavy atom. The lowest BCUT2D eigenvalue weighted by Gasteiger charge is -2.16. The van der Waals surface area contributed by atoms with Gasteiger partial charge in [0.05, 0.1) is 12.0 Å². The van der Waals surface area contributed by atoms with Gasteiger partial charge < -0.3 is 4.74 Å². The second-order valence-electron chi connectivity index (χ2n) is 4.61. The molecule has 1 aliphatic rings. The Hall–Kier alpha value is -0.580. The lowest BCUT2D eigenvalue weighted by molar-refractivity contribution is 0.353. The Morgan fingerprint density at radius 1 is 1.10 bits per heavy atom. The molecule has 2 aromatic carbocycles. The molecule has 0 N–H and O–H groups in total. The minimum atomic E-state index is -0.586. The fourth-order valence-corrected chi connectivity index (χ4v) is 3.59. The van der Waals surface area contributed by atoms with E-state index < -0.39 is 5.38 Å². The third kappa shape index (κ3) is 2.61. The van der Waals surface area contributed by atoms with Crippen LogP contribution in [0.3, 0.4) is 0 Å². The van der Waals surface area contributed by atoms with Gasteiger partial charge in [-0.3, -0.25) is 0 Å². The van der Waals surface area contributed by atoms with Gasteiger partial charge in [0.15, 0.2) is 0 Å². The number of fused-ring (bicyclic) bond motifs is 1. The number of halogens is 4. The highest BCUT2D eigenvalue weighted by Gasteiger charge is 2.25. The van der Waals surface area contributed by atoms with Crippen molar-refractivity contribution >= 4 is 43.5 Å². The van der Waals surface area contributed by atoms with Crippen molar-refractivity contribution in [3.8, 4) is 5.75 Å². The molecule has 0 aliphatic carbocycles. The van der Waals surface area contributed by atoms with E-state index in [9.17, 15) is 4.39 Å². The number of benzene rings is 2. The van der Waals surface area contributed by atoms with Gasteiger partial charge in [-0.15, -0.1) is 11.6 Å². The van der Waals surface area contributed by atoms with Gasteiger partial charge in [0.2, 0.25) is 0 Å². The maximum absolute atomic E-state index is 14.0. The average Bonchev–Trinajstić information content (AvgIpc) is 2.87. The first kappa shape index (κ1) is 14.4. The highest BCUT2D eigenvalue weighted by Crippen LogP contribution is 2.42. The van der Waals surface area contributed by atoms with E-state index in [1.807, 2.05) is 12.1 Å². The van der Waals surface area contributed by atoms with Crippen LogP contribution in [-0.4, -0.2) is 6.61 Å². The summed E-state index contributed by atoms with van der Waals surface area (Å²) >= 11 is 13.3. The van der Waals surface area contributed by atoms with Crippen molar-refractivity contribution in [2.45, 2.75) is 11.8 Å². The maximum Gasteiger partial charge on any atom is 0.128 e. The van der Waals surface area contributed by atoms with E-state index in [-0.39, 0.29) is 5.82 Å². The predicted octanol–water partition coefficient (Wildman–Crippen LogP) is 5.61. The molecule has 0 spiro atoms. The van der Waals surface area contributed by atoms with E-state index in [0.717, 1.165) is 32.2 Å². The minimum absolute atomic E-state index is 0.320. The van der Waals surface area contributed by atoms with Crippen LogP contribution < -0.4 is 4.74 Å². The standard InChI is InChI=1S/C15H10Br2ClFO/c16-9-1-2-13(19)11(6-9)14(18)12-7-10(17)5-8-3-4-20-15(8)12/h1-2,5-7,14H,3-4H2. The molecule has 1 nitrogen and oxygen atoms in total. The van der Waals surface area contributed by atoms with Gasteiger partial charge in [0.1, 0.15) is 11.6 Å². The third-order valence-electron chi connectivity index (χ3n) is 3.28. The second-order valence-corrected chi connectivity index (χ2v) is 6.88. The van der Waals surface area contributed by atoms with Crippen molar-refractivity contribution < 1.29 is 9.13 Å². The Balaban J connectivity index is 2.11. The lowest BCUT2D eigenvalue weighted by Crippen LogP contribution is -2.00. The number of rotatable bonds is 2. The summed E-state index contributed by atoms with van der Waals surface area (Å²) in [5, 5.41) is -0.586. The van der Waals surface area contributed by atoms with E-state index in [2.05, 4.69) is 31.9 Å². The maximum atomic E-state index is 14.0. The van der Waals surface area contributed by atoms with Gasteiger partial charge in [-0.05, 0) is 35.9 Å². The average molecular weight is 421 g/mol. The van der Waals surface area contributed by atoms with E-state index in [1.165, 1.54) is 6.07 Å². The molecule has 1 atom stereocenters. The van der Waals surface area contributed by atoms with E-state index in [4.69, 9.17) is 16.3 Å². The molecule has 0 saturated carbocycles. The van der Waals surface area contributed by atoms with Crippen molar-refractivity contribution in [2.75, 3.05) is 6.61 Å². The van der Waals surface area contributed by atoms with Crippen LogP contribution in [0.1, 0.15) is 22.1 Å². The van der Waals surface area contributed by atoms with Crippen molar-refractivity contribution in [3.05, 3.63) is 61.8 Å². The minimum Gasteiger partial charge on any atom is -0.493 e. The van der Waals surface area contributed by atoms with Crippen LogP contribution in [-0.2, 0) is 6.42 Å². The molecule has 0 bridgehead atoms. The molecular formula is C15H10Br2ClFO. The Kier molecular flexibility index (Phi) is 4.07. The van der Waals surface area contributed by atoms with Crippen LogP contribution in [0.15, 0.2) is 39.3 Å². The molecule has 0 aromatic heterocycles. The summed E-state index contributed by atoms with van der Waals surface area (Å²) < 4.78 is 21.4. The monoisotopic (exact) mass is 418 g/mol. The third-order valence-corrected chi connectivity index (χ3v) is 4.70. The SMILES string of the molecule is Fc1ccc(Br)cc1C(Cl)c1cc(Br)cc2c1OCC2. The molecule has 5 heteroatoms. The molecule has 20 heavy (non-hydrogen) atoms. The second kappa shape index (κ2) is 5.66. The van der Waals surface area contributed by atoms with Gasteiger partial charge in [0.25, 0.3) is 0 Å². The topological polar surface area (TPSA) is 9.23 Å². The van der Waals surface area contributed by atoms with Crippen LogP contribution in [0.25, 0.3) is 0 Å². The molecular weight excluding hydrogens is 410 g/mol. The normalized spacial score (nSPS) is 14.8. The Labute approximate surface area is 138 Å². The summed E-state index contributed by atoms with van der Waals surface area (Å²) in [5.74, 6) is 0.465. The van der Waals surface area contributed by atoms with Crippen LogP contribution in [0, 0.1) is 5.82 Å². The first-order valence-corrected chi connectivity index (χ1v) is 8.12. The largest absolute Gasteiger partial charge is 0.493 e. The molecule has 0 saturated heterocycles. The molecule has 1 unspecified atom stereocenters. The molecule has 1 aliphatic heterocycles. The summed E-state index contributed by atoms with van der Waals surface area (Å²) in [4.78, 5) is 0. The first-order valence-electron chi connectivity index (χ1n) is 6.10. The Bertz CT molecular complexity index is 675. The van der Waals surface area contributed by atoms with Gasteiger partial charge in [-0.25, -0.2) is 4.39 Å². The lowest BCUT2D eigenvalue weighted by atomic mass is 10.0. The molecule has 0 amide bonds. The summed E-state index contributed by atoms with van der Waals surface area (Å²) in [6.45, 7) is 0.642. The fraction of sp³-hybridized carbons (Fsp3) is 0.200. The van der Waals surface area contributed by atoms with E-state index >= 15 is 0 Å². The van der Waals surface area contributed by atoms with Crippen LogP contribution in [0.4, 0.5) is 4.39 Å². The molecule has 104 valence electrons. The zero-order valence-corrected chi connectivity index (χ0v) is 14.2. The zero-order valence-electron chi connectivity index (χ0n) is 10.3. The van der Waals surface area contributed by atoms with Gasteiger partial charge in [-0.2, -0.15) is 0 Å². The van der Waals surface area contributed by atoms with Crippen molar-refractivity contribution in [1.29, 1.82) is 0 Å². The summed E-state index contributed by atoms with van der Waals surface area (Å²) in [7, 11) is 0. The highest BCUT2D eigenvalue weighted by molar-refractivity contribution is 9.10. The molecule has 0 fully saturated rings. The van der Waals surface area contributed by atoms with Crippen LogP contribution in [0.2, 0.25) is 0 Å². The van der Waals surface area contributed by atoms with Crippen LogP contribution >= 0.6 is 43.5 Å². The van der Waals surface area contributed by atoms with Crippen molar-refractivity contribution in [1.82, 2.24) is 0 Å². The van der Waals surface area contributed by atoms with Crippen molar-refractivity contribution in [3.63, 3.8) is 0 Å². The number of hydrogen-bond donors (Lipinski definition) is 0. The predicted molar refractivity (Wildman–Crippen MR) is 85.1 cm³/mol.